The van der Waals surface area contributed by atoms with Gasteiger partial charge in [0.15, 0.2) is 0 Å². The zero-order valence-corrected chi connectivity index (χ0v) is 13.3. The minimum Gasteiger partial charge on any atom is -0.326 e. The summed E-state index contributed by atoms with van der Waals surface area (Å²) in [7, 11) is 0. The SMILES string of the molecule is CCN(CC)CCCN(CC)CCCC(C)(C)N. The smallest absolute Gasteiger partial charge is 0.00975 e. The van der Waals surface area contributed by atoms with Crippen LogP contribution in [-0.4, -0.2) is 54.6 Å². The van der Waals surface area contributed by atoms with Gasteiger partial charge in [-0.3, -0.25) is 0 Å². The van der Waals surface area contributed by atoms with E-state index in [2.05, 4.69) is 44.4 Å². The fourth-order valence-electron chi connectivity index (χ4n) is 2.24. The fourth-order valence-corrected chi connectivity index (χ4v) is 2.24. The Morgan fingerprint density at radius 3 is 1.67 bits per heavy atom. The largest absolute Gasteiger partial charge is 0.326 e. The molecule has 0 radical (unpaired) electrons. The molecule has 0 spiro atoms. The third kappa shape index (κ3) is 9.86. The topological polar surface area (TPSA) is 32.5 Å². The van der Waals surface area contributed by atoms with Gasteiger partial charge in [0.1, 0.15) is 0 Å². The van der Waals surface area contributed by atoms with E-state index in [0.29, 0.717) is 0 Å². The van der Waals surface area contributed by atoms with Crippen LogP contribution in [0.15, 0.2) is 0 Å². The number of nitrogens with two attached hydrogens (primary N) is 1. The highest BCUT2D eigenvalue weighted by Crippen LogP contribution is 2.08. The number of rotatable bonds is 11. The molecule has 0 aromatic heterocycles. The van der Waals surface area contributed by atoms with Crippen LogP contribution in [0.2, 0.25) is 0 Å². The summed E-state index contributed by atoms with van der Waals surface area (Å²) in [5, 5.41) is 0. The van der Waals surface area contributed by atoms with Gasteiger partial charge in [-0.05, 0) is 72.4 Å². The van der Waals surface area contributed by atoms with Gasteiger partial charge >= 0.3 is 0 Å². The summed E-state index contributed by atoms with van der Waals surface area (Å²) in [6.45, 7) is 18.1. The lowest BCUT2D eigenvalue weighted by atomic mass is 10.00. The van der Waals surface area contributed by atoms with Crippen LogP contribution >= 0.6 is 0 Å². The second-order valence-corrected chi connectivity index (χ2v) is 5.91. The molecule has 0 aromatic carbocycles. The maximum absolute atomic E-state index is 6.01. The molecule has 3 nitrogen and oxygen atoms in total. The standard InChI is InChI=1S/C15H35N3/c1-6-17(7-2)13-10-14-18(8-3)12-9-11-15(4,5)16/h6-14,16H2,1-5H3. The van der Waals surface area contributed by atoms with Gasteiger partial charge in [-0.15, -0.1) is 0 Å². The van der Waals surface area contributed by atoms with E-state index in [1.807, 2.05) is 0 Å². The average Bonchev–Trinajstić information content (AvgIpc) is 2.31. The van der Waals surface area contributed by atoms with E-state index < -0.39 is 0 Å². The molecule has 0 rings (SSSR count). The van der Waals surface area contributed by atoms with Crippen LogP contribution in [0.5, 0.6) is 0 Å². The van der Waals surface area contributed by atoms with Gasteiger partial charge in [0.05, 0.1) is 0 Å². The summed E-state index contributed by atoms with van der Waals surface area (Å²) >= 11 is 0. The molecule has 0 atom stereocenters. The van der Waals surface area contributed by atoms with Crippen molar-refractivity contribution in [3.05, 3.63) is 0 Å². The van der Waals surface area contributed by atoms with E-state index in [4.69, 9.17) is 5.73 Å². The maximum atomic E-state index is 6.01. The molecule has 110 valence electrons. The fraction of sp³-hybridized carbons (Fsp3) is 1.00. The Morgan fingerprint density at radius 2 is 1.22 bits per heavy atom. The molecule has 0 saturated carbocycles. The Labute approximate surface area is 115 Å². The van der Waals surface area contributed by atoms with Gasteiger partial charge in [0.2, 0.25) is 0 Å². The zero-order valence-electron chi connectivity index (χ0n) is 13.3. The van der Waals surface area contributed by atoms with Gasteiger partial charge in [-0.2, -0.15) is 0 Å². The first-order chi connectivity index (χ1) is 8.42. The number of hydrogen-bond donors (Lipinski definition) is 1. The van der Waals surface area contributed by atoms with Crippen molar-refractivity contribution in [1.82, 2.24) is 9.80 Å². The molecular formula is C15H35N3. The average molecular weight is 257 g/mol. The third-order valence-electron chi connectivity index (χ3n) is 3.59. The predicted molar refractivity (Wildman–Crippen MR) is 82.0 cm³/mol. The second-order valence-electron chi connectivity index (χ2n) is 5.91. The third-order valence-corrected chi connectivity index (χ3v) is 3.59. The highest BCUT2D eigenvalue weighted by molar-refractivity contribution is 4.72. The first kappa shape index (κ1) is 17.9. The minimum atomic E-state index is -0.0133. The molecule has 0 aliphatic carbocycles. The van der Waals surface area contributed by atoms with Crippen LogP contribution in [0.25, 0.3) is 0 Å². The van der Waals surface area contributed by atoms with Crippen molar-refractivity contribution in [2.45, 2.75) is 59.4 Å². The summed E-state index contributed by atoms with van der Waals surface area (Å²) in [6.07, 6.45) is 3.60. The Bertz CT molecular complexity index is 183. The summed E-state index contributed by atoms with van der Waals surface area (Å²) in [4.78, 5) is 5.05. The Hall–Kier alpha value is -0.120. The Balaban J connectivity index is 3.70. The minimum absolute atomic E-state index is 0.0133. The first-order valence-electron chi connectivity index (χ1n) is 7.66. The van der Waals surface area contributed by atoms with Crippen molar-refractivity contribution in [3.63, 3.8) is 0 Å². The predicted octanol–water partition coefficient (Wildman–Crippen LogP) is 2.56. The maximum Gasteiger partial charge on any atom is 0.00975 e. The van der Waals surface area contributed by atoms with Gasteiger partial charge in [-0.25, -0.2) is 0 Å². The molecule has 0 bridgehead atoms. The second kappa shape index (κ2) is 9.76. The number of hydrogen-bond acceptors (Lipinski definition) is 3. The highest BCUT2D eigenvalue weighted by Gasteiger charge is 2.11. The zero-order chi connectivity index (χ0) is 14.0. The van der Waals surface area contributed by atoms with Crippen molar-refractivity contribution in [1.29, 1.82) is 0 Å². The lowest BCUT2D eigenvalue weighted by molar-refractivity contribution is 0.236. The summed E-state index contributed by atoms with van der Waals surface area (Å²) in [6, 6.07) is 0. The van der Waals surface area contributed by atoms with E-state index >= 15 is 0 Å². The molecule has 0 fully saturated rings. The van der Waals surface area contributed by atoms with Gasteiger partial charge < -0.3 is 15.5 Å². The Kier molecular flexibility index (Phi) is 9.70. The van der Waals surface area contributed by atoms with Crippen LogP contribution in [-0.2, 0) is 0 Å². The van der Waals surface area contributed by atoms with Crippen LogP contribution in [0.4, 0.5) is 0 Å². The van der Waals surface area contributed by atoms with Gasteiger partial charge in [0.25, 0.3) is 0 Å². The van der Waals surface area contributed by atoms with E-state index in [0.717, 1.165) is 13.0 Å². The van der Waals surface area contributed by atoms with Crippen molar-refractivity contribution in [3.8, 4) is 0 Å². The molecule has 3 heteroatoms. The summed E-state index contributed by atoms with van der Waals surface area (Å²) < 4.78 is 0. The quantitative estimate of drug-likeness (QED) is 0.617. The van der Waals surface area contributed by atoms with E-state index in [1.165, 1.54) is 45.6 Å². The first-order valence-corrected chi connectivity index (χ1v) is 7.66. The molecule has 0 unspecified atom stereocenters. The van der Waals surface area contributed by atoms with Gasteiger partial charge in [-0.1, -0.05) is 20.8 Å². The molecule has 18 heavy (non-hydrogen) atoms. The van der Waals surface area contributed by atoms with Crippen LogP contribution in [0, 0.1) is 0 Å². The molecule has 0 aliphatic heterocycles. The van der Waals surface area contributed by atoms with Crippen molar-refractivity contribution < 1.29 is 0 Å². The molecule has 0 saturated heterocycles. The molecule has 0 amide bonds. The lowest BCUT2D eigenvalue weighted by Crippen LogP contribution is -2.34. The van der Waals surface area contributed by atoms with Crippen molar-refractivity contribution in [2.75, 3.05) is 39.3 Å². The van der Waals surface area contributed by atoms with E-state index in [9.17, 15) is 0 Å². The molecule has 0 aromatic rings. The summed E-state index contributed by atoms with van der Waals surface area (Å²) in [5.41, 5.74) is 6.00. The van der Waals surface area contributed by atoms with Crippen LogP contribution in [0.1, 0.15) is 53.9 Å². The van der Waals surface area contributed by atoms with E-state index in [1.54, 1.807) is 0 Å². The van der Waals surface area contributed by atoms with Crippen LogP contribution in [0.3, 0.4) is 0 Å². The molecule has 0 heterocycles. The molecule has 2 N–H and O–H groups in total. The van der Waals surface area contributed by atoms with E-state index in [-0.39, 0.29) is 5.54 Å². The van der Waals surface area contributed by atoms with Crippen molar-refractivity contribution in [2.24, 2.45) is 5.73 Å². The van der Waals surface area contributed by atoms with Crippen LogP contribution < -0.4 is 5.73 Å². The van der Waals surface area contributed by atoms with Crippen molar-refractivity contribution >= 4 is 0 Å². The molecule has 0 aliphatic rings. The normalized spacial score (nSPS) is 12.7. The Morgan fingerprint density at radius 1 is 0.778 bits per heavy atom. The lowest BCUT2D eigenvalue weighted by Gasteiger charge is -2.25. The monoisotopic (exact) mass is 257 g/mol. The molecular weight excluding hydrogens is 222 g/mol. The highest BCUT2D eigenvalue weighted by atomic mass is 15.1. The van der Waals surface area contributed by atoms with Gasteiger partial charge in [0, 0.05) is 5.54 Å². The summed E-state index contributed by atoms with van der Waals surface area (Å²) in [5.74, 6) is 0. The number of nitrogens with zero attached hydrogens (tertiary/aromatic N) is 2.